The second-order valence-electron chi connectivity index (χ2n) is 9.55. The third-order valence-corrected chi connectivity index (χ3v) is 6.88. The maximum absolute atomic E-state index is 13.4. The summed E-state index contributed by atoms with van der Waals surface area (Å²) in [5, 5.41) is 0. The first-order chi connectivity index (χ1) is 16.0. The molecular weight excluding hydrogens is 445 g/mol. The molecule has 0 unspecified atom stereocenters. The van der Waals surface area contributed by atoms with E-state index in [1.807, 2.05) is 24.5 Å². The molecule has 1 atom stereocenters. The highest BCUT2D eigenvalue weighted by Gasteiger charge is 2.25. The second-order valence-corrected chi connectivity index (χ2v) is 9.55. The highest BCUT2D eigenvalue weighted by molar-refractivity contribution is 7.59. The van der Waals surface area contributed by atoms with Gasteiger partial charge in [0.05, 0.1) is 11.4 Å². The zero-order valence-electron chi connectivity index (χ0n) is 19.6. The summed E-state index contributed by atoms with van der Waals surface area (Å²) in [5.74, 6) is 1.43. The van der Waals surface area contributed by atoms with Crippen molar-refractivity contribution in [2.24, 2.45) is 5.92 Å². The number of halogens is 1. The molecule has 2 aromatic heterocycles. The highest BCUT2D eigenvalue weighted by Crippen LogP contribution is 2.36. The molecule has 0 aliphatic carbocycles. The predicted molar refractivity (Wildman–Crippen MR) is 141 cm³/mol. The van der Waals surface area contributed by atoms with Crippen molar-refractivity contribution in [3.05, 3.63) is 78.5 Å². The molecule has 176 valence electrons. The third-order valence-electron chi connectivity index (χ3n) is 6.88. The lowest BCUT2D eigenvalue weighted by Crippen LogP contribution is -2.25. The summed E-state index contributed by atoms with van der Waals surface area (Å²) >= 11 is 0. The van der Waals surface area contributed by atoms with E-state index in [0.717, 1.165) is 48.8 Å². The molecule has 2 aliphatic rings. The van der Waals surface area contributed by atoms with Crippen LogP contribution in [0.25, 0.3) is 28.3 Å². The fourth-order valence-corrected chi connectivity index (χ4v) is 5.36. The van der Waals surface area contributed by atoms with Gasteiger partial charge in [-0.2, -0.15) is 13.5 Å². The lowest BCUT2D eigenvalue weighted by atomic mass is 10.1. The van der Waals surface area contributed by atoms with Crippen LogP contribution < -0.4 is 4.90 Å². The first kappa shape index (κ1) is 22.7. The number of benzene rings is 2. The van der Waals surface area contributed by atoms with Crippen LogP contribution in [0.2, 0.25) is 0 Å². The van der Waals surface area contributed by atoms with Gasteiger partial charge in [-0.3, -0.25) is 4.57 Å². The van der Waals surface area contributed by atoms with Gasteiger partial charge in [-0.1, -0.05) is 12.1 Å². The molecule has 6 rings (SSSR count). The Morgan fingerprint density at radius 2 is 1.88 bits per heavy atom. The number of rotatable bonds is 4. The quantitative estimate of drug-likeness (QED) is 0.366. The number of fused-ring (bicyclic) bond motifs is 5. The summed E-state index contributed by atoms with van der Waals surface area (Å²) in [4.78, 5) is 9.49. The van der Waals surface area contributed by atoms with Crippen molar-refractivity contribution < 1.29 is 4.39 Å². The highest BCUT2D eigenvalue weighted by atomic mass is 32.1. The second kappa shape index (κ2) is 8.96. The molecule has 0 N–H and O–H groups in total. The topological polar surface area (TPSA) is 29.2 Å². The van der Waals surface area contributed by atoms with Crippen LogP contribution in [-0.2, 0) is 6.54 Å². The largest absolute Gasteiger partial charge is 0.371 e. The van der Waals surface area contributed by atoms with Gasteiger partial charge in [-0.05, 0) is 74.0 Å². The van der Waals surface area contributed by atoms with Gasteiger partial charge in [0.25, 0.3) is 0 Å². The van der Waals surface area contributed by atoms with Crippen molar-refractivity contribution in [2.45, 2.75) is 13.0 Å². The third kappa shape index (κ3) is 4.03. The Morgan fingerprint density at radius 1 is 1.06 bits per heavy atom. The Hall–Kier alpha value is -3.03. The summed E-state index contributed by atoms with van der Waals surface area (Å²) in [6, 6.07) is 15.7. The average molecular weight is 476 g/mol. The van der Waals surface area contributed by atoms with E-state index in [0.29, 0.717) is 5.92 Å². The van der Waals surface area contributed by atoms with Gasteiger partial charge >= 0.3 is 0 Å². The van der Waals surface area contributed by atoms with Gasteiger partial charge in [0, 0.05) is 56.0 Å². The molecule has 1 saturated heterocycles. The molecule has 0 radical (unpaired) electrons. The molecule has 0 saturated carbocycles. The fraction of sp³-hybridized carbons (Fsp3) is 0.296. The van der Waals surface area contributed by atoms with Crippen molar-refractivity contribution in [2.75, 3.05) is 38.6 Å². The van der Waals surface area contributed by atoms with Gasteiger partial charge in [-0.15, -0.1) is 0 Å². The number of hydrogen-bond donors (Lipinski definition) is 0. The van der Waals surface area contributed by atoms with Crippen molar-refractivity contribution >= 4 is 19.2 Å². The van der Waals surface area contributed by atoms with E-state index in [1.54, 1.807) is 0 Å². The van der Waals surface area contributed by atoms with Gasteiger partial charge in [0.2, 0.25) is 0 Å². The van der Waals surface area contributed by atoms with E-state index in [-0.39, 0.29) is 19.3 Å². The maximum atomic E-state index is 13.4. The SMILES string of the molecule is CN(C)C[C@@H]1CCN(c2ccc3c(c2)Cn2cc(-c4ccc(F)cc4)cc2-c2nccn2-3)C1.S. The molecule has 5 nitrogen and oxygen atoms in total. The number of imidazole rings is 1. The standard InChI is InChI=1S/C27H28FN5.H2S/c1-30(2)15-19-9-11-31(16-19)24-7-8-25-22(13-24)18-32-17-21(20-3-5-23(28)6-4-20)14-26(32)27-29-10-12-33(25)27;/h3-8,10,12-14,17,19H,9,11,15-16,18H2,1-2H3;1H2/t19-;/m0./s1. The summed E-state index contributed by atoms with van der Waals surface area (Å²) in [5.41, 5.74) is 6.92. The van der Waals surface area contributed by atoms with E-state index in [9.17, 15) is 4.39 Å². The van der Waals surface area contributed by atoms with Gasteiger partial charge in [0.1, 0.15) is 5.82 Å². The molecule has 34 heavy (non-hydrogen) atoms. The van der Waals surface area contributed by atoms with Crippen LogP contribution in [0.4, 0.5) is 10.1 Å². The Balaban J connectivity index is 0.00000241. The normalized spacial score (nSPS) is 16.6. The number of aromatic nitrogens is 3. The smallest absolute Gasteiger partial charge is 0.161 e. The van der Waals surface area contributed by atoms with E-state index in [4.69, 9.17) is 0 Å². The molecule has 0 spiro atoms. The molecule has 0 amide bonds. The zero-order valence-corrected chi connectivity index (χ0v) is 20.6. The molecule has 7 heteroatoms. The lowest BCUT2D eigenvalue weighted by molar-refractivity contribution is 0.340. The molecule has 4 heterocycles. The first-order valence-electron chi connectivity index (χ1n) is 11.6. The maximum Gasteiger partial charge on any atom is 0.161 e. The fourth-order valence-electron chi connectivity index (χ4n) is 5.36. The Labute approximate surface area is 206 Å². The van der Waals surface area contributed by atoms with E-state index < -0.39 is 0 Å². The molecule has 1 fully saturated rings. The minimum absolute atomic E-state index is 0. The summed E-state index contributed by atoms with van der Waals surface area (Å²) in [6.07, 6.45) is 7.30. The average Bonchev–Trinajstić information content (AvgIpc) is 3.53. The molecule has 2 aromatic carbocycles. The van der Waals surface area contributed by atoms with Gasteiger partial charge in [-0.25, -0.2) is 9.37 Å². The number of nitrogens with zero attached hydrogens (tertiary/aromatic N) is 5. The summed E-state index contributed by atoms with van der Waals surface area (Å²) in [6.45, 7) is 4.13. The Kier molecular flexibility index (Phi) is 6.00. The van der Waals surface area contributed by atoms with Crippen LogP contribution in [0.5, 0.6) is 0 Å². The molecule has 0 bridgehead atoms. The van der Waals surface area contributed by atoms with E-state index in [2.05, 4.69) is 68.5 Å². The monoisotopic (exact) mass is 475 g/mol. The minimum Gasteiger partial charge on any atom is -0.371 e. The minimum atomic E-state index is -0.216. The summed E-state index contributed by atoms with van der Waals surface area (Å²) in [7, 11) is 4.31. The zero-order chi connectivity index (χ0) is 22.5. The van der Waals surface area contributed by atoms with Crippen LogP contribution in [0.15, 0.2) is 67.1 Å². The van der Waals surface area contributed by atoms with Gasteiger partial charge in [0.15, 0.2) is 5.82 Å². The lowest BCUT2D eigenvalue weighted by Gasteiger charge is -2.22. The van der Waals surface area contributed by atoms with Crippen LogP contribution >= 0.6 is 13.5 Å². The van der Waals surface area contributed by atoms with E-state index in [1.165, 1.54) is 35.5 Å². The van der Waals surface area contributed by atoms with Crippen molar-refractivity contribution in [1.29, 1.82) is 0 Å². The molecule has 2 aliphatic heterocycles. The number of hydrogen-bond acceptors (Lipinski definition) is 3. The van der Waals surface area contributed by atoms with Crippen molar-refractivity contribution in [3.8, 4) is 28.3 Å². The predicted octanol–water partition coefficient (Wildman–Crippen LogP) is 5.01. The van der Waals surface area contributed by atoms with Crippen molar-refractivity contribution in [1.82, 2.24) is 19.0 Å². The Morgan fingerprint density at radius 3 is 2.68 bits per heavy atom. The van der Waals surface area contributed by atoms with Crippen LogP contribution in [-0.4, -0.2) is 52.7 Å². The van der Waals surface area contributed by atoms with Gasteiger partial charge < -0.3 is 14.4 Å². The summed E-state index contributed by atoms with van der Waals surface area (Å²) < 4.78 is 17.9. The first-order valence-corrected chi connectivity index (χ1v) is 11.6. The van der Waals surface area contributed by atoms with Crippen LogP contribution in [0.3, 0.4) is 0 Å². The van der Waals surface area contributed by atoms with Crippen molar-refractivity contribution in [3.63, 3.8) is 0 Å². The van der Waals surface area contributed by atoms with Crippen LogP contribution in [0.1, 0.15) is 12.0 Å². The number of anilines is 1. The molecular formula is C27H30FN5S. The van der Waals surface area contributed by atoms with E-state index >= 15 is 0 Å². The van der Waals surface area contributed by atoms with Crippen LogP contribution in [0, 0.1) is 11.7 Å². The molecule has 4 aromatic rings. The Bertz CT molecular complexity index is 1310.